The van der Waals surface area contributed by atoms with Crippen molar-refractivity contribution in [1.82, 2.24) is 24.1 Å². The molecule has 1 saturated heterocycles. The molecule has 0 spiro atoms. The van der Waals surface area contributed by atoms with E-state index in [0.29, 0.717) is 35.4 Å². The van der Waals surface area contributed by atoms with Crippen LogP contribution in [0.2, 0.25) is 0 Å². The molecule has 0 radical (unpaired) electrons. The van der Waals surface area contributed by atoms with Crippen LogP contribution in [0.5, 0.6) is 0 Å². The van der Waals surface area contributed by atoms with Crippen molar-refractivity contribution in [3.05, 3.63) is 34.5 Å². The van der Waals surface area contributed by atoms with Crippen molar-refractivity contribution in [2.75, 3.05) is 24.8 Å². The molecule has 0 amide bonds. The van der Waals surface area contributed by atoms with E-state index in [9.17, 15) is 9.35 Å². The molecule has 4 rings (SSSR count). The lowest BCUT2D eigenvalue weighted by molar-refractivity contribution is 0.0695. The highest BCUT2D eigenvalue weighted by Gasteiger charge is 2.23. The number of aryl methyl sites for hydroxylation is 2. The fourth-order valence-corrected chi connectivity index (χ4v) is 3.95. The predicted molar refractivity (Wildman–Crippen MR) is 106 cm³/mol. The van der Waals surface area contributed by atoms with E-state index in [2.05, 4.69) is 20.3 Å². The smallest absolute Gasteiger partial charge is 0.330 e. The first-order chi connectivity index (χ1) is 13.5. The Kier molecular flexibility index (Phi) is 5.09. The second-order valence-corrected chi connectivity index (χ2v) is 8.20. The van der Waals surface area contributed by atoms with Crippen molar-refractivity contribution >= 4 is 34.0 Å². The van der Waals surface area contributed by atoms with Gasteiger partial charge in [0.25, 0.3) is 0 Å². The molecule has 1 N–H and O–H groups in total. The van der Waals surface area contributed by atoms with E-state index in [-0.39, 0.29) is 11.7 Å². The van der Waals surface area contributed by atoms with Gasteiger partial charge in [0.2, 0.25) is 11.0 Å². The molecule has 0 saturated carbocycles. The first-order valence-corrected chi connectivity index (χ1v) is 10.6. The van der Waals surface area contributed by atoms with E-state index >= 15 is 0 Å². The summed E-state index contributed by atoms with van der Waals surface area (Å²) in [5, 5.41) is 3.68. The molecule has 148 valence electrons. The normalized spacial score (nSPS) is 16.4. The van der Waals surface area contributed by atoms with Crippen molar-refractivity contribution in [1.29, 1.82) is 0 Å². The van der Waals surface area contributed by atoms with Crippen molar-refractivity contribution in [2.24, 2.45) is 7.05 Å². The number of fused-ring (bicyclic) bond motifs is 1. The Morgan fingerprint density at radius 1 is 1.29 bits per heavy atom. The molecule has 0 aromatic carbocycles. The third kappa shape index (κ3) is 3.38. The number of hydrogen-bond acceptors (Lipinski definition) is 7. The van der Waals surface area contributed by atoms with Gasteiger partial charge in [0.05, 0.1) is 18.1 Å². The largest absolute Gasteiger partial charge is 0.610 e. The van der Waals surface area contributed by atoms with Gasteiger partial charge in [0, 0.05) is 43.5 Å². The number of anilines is 2. The first kappa shape index (κ1) is 18.9. The number of nitrogens with zero attached hydrogens (tertiary/aromatic N) is 5. The molecule has 9 nitrogen and oxygen atoms in total. The zero-order chi connectivity index (χ0) is 19.8. The molecule has 0 bridgehead atoms. The summed E-state index contributed by atoms with van der Waals surface area (Å²) in [7, 11) is 1.73. The van der Waals surface area contributed by atoms with Crippen LogP contribution in [0, 0.1) is 6.92 Å². The monoisotopic (exact) mass is 402 g/mol. The van der Waals surface area contributed by atoms with Gasteiger partial charge in [-0.25, -0.2) is 14.8 Å². The number of hydrogen-bond donors (Lipinski definition) is 1. The minimum Gasteiger partial charge on any atom is -0.610 e. The molecule has 0 aliphatic carbocycles. The van der Waals surface area contributed by atoms with Crippen LogP contribution in [0.25, 0.3) is 11.2 Å². The van der Waals surface area contributed by atoms with Gasteiger partial charge in [-0.2, -0.15) is 4.98 Å². The summed E-state index contributed by atoms with van der Waals surface area (Å²) in [5.41, 5.74) is 2.81. The third-order valence-corrected chi connectivity index (χ3v) is 5.83. The van der Waals surface area contributed by atoms with Gasteiger partial charge in [-0.1, -0.05) is 0 Å². The van der Waals surface area contributed by atoms with Crippen LogP contribution >= 0.6 is 0 Å². The lowest BCUT2D eigenvalue weighted by atomic mass is 10.1. The van der Waals surface area contributed by atoms with Crippen molar-refractivity contribution in [2.45, 2.75) is 30.8 Å². The molecule has 1 aliphatic heterocycles. The lowest BCUT2D eigenvalue weighted by Gasteiger charge is -2.22. The van der Waals surface area contributed by atoms with Crippen LogP contribution in [-0.4, -0.2) is 48.1 Å². The quantitative estimate of drug-likeness (QED) is 0.661. The van der Waals surface area contributed by atoms with Gasteiger partial charge >= 0.3 is 5.69 Å². The molecule has 1 fully saturated rings. The highest BCUT2D eigenvalue weighted by molar-refractivity contribution is 7.90. The molecule has 1 unspecified atom stereocenters. The summed E-state index contributed by atoms with van der Waals surface area (Å²) >= 11 is -1.14. The Hall–Kier alpha value is -2.43. The zero-order valence-electron chi connectivity index (χ0n) is 16.0. The molecule has 28 heavy (non-hydrogen) atoms. The summed E-state index contributed by atoms with van der Waals surface area (Å²) in [4.78, 5) is 26.0. The Morgan fingerprint density at radius 2 is 2.04 bits per heavy atom. The van der Waals surface area contributed by atoms with Gasteiger partial charge in [0.15, 0.2) is 5.65 Å². The van der Waals surface area contributed by atoms with Gasteiger partial charge in [0.1, 0.15) is 11.8 Å². The third-order valence-electron chi connectivity index (χ3n) is 5.02. The van der Waals surface area contributed by atoms with E-state index in [1.165, 1.54) is 0 Å². The average molecular weight is 402 g/mol. The fourth-order valence-electron chi connectivity index (χ4n) is 3.41. The number of pyridine rings is 1. The Morgan fingerprint density at radius 3 is 2.71 bits per heavy atom. The molecular weight excluding hydrogens is 380 g/mol. The maximum absolute atomic E-state index is 12.8. The molecule has 1 atom stereocenters. The summed E-state index contributed by atoms with van der Waals surface area (Å²) in [6.07, 6.45) is 6.43. The van der Waals surface area contributed by atoms with Crippen molar-refractivity contribution < 1.29 is 9.29 Å². The van der Waals surface area contributed by atoms with Gasteiger partial charge in [-0.05, 0) is 25.3 Å². The highest BCUT2D eigenvalue weighted by Crippen LogP contribution is 2.25. The average Bonchev–Trinajstić information content (AvgIpc) is 2.94. The molecule has 1 aliphatic rings. The van der Waals surface area contributed by atoms with Crippen LogP contribution < -0.4 is 11.0 Å². The second kappa shape index (κ2) is 7.53. The van der Waals surface area contributed by atoms with Crippen LogP contribution in [0.1, 0.15) is 24.4 Å². The zero-order valence-corrected chi connectivity index (χ0v) is 16.8. The molecular formula is C18H22N6O3S. The summed E-state index contributed by atoms with van der Waals surface area (Å²) in [6.45, 7) is 3.18. The first-order valence-electron chi connectivity index (χ1n) is 9.04. The topological polar surface area (TPSA) is 110 Å². The molecule has 3 aromatic rings. The van der Waals surface area contributed by atoms with Crippen LogP contribution in [0.15, 0.2) is 28.3 Å². The second-order valence-electron chi connectivity index (χ2n) is 6.87. The Bertz CT molecular complexity index is 1070. The molecule has 3 aromatic heterocycles. The summed E-state index contributed by atoms with van der Waals surface area (Å²) < 4.78 is 20.3. The van der Waals surface area contributed by atoms with E-state index in [1.54, 1.807) is 40.9 Å². The van der Waals surface area contributed by atoms with Gasteiger partial charge in [-0.15, -0.1) is 0 Å². The highest BCUT2D eigenvalue weighted by atomic mass is 32.2. The van der Waals surface area contributed by atoms with E-state index in [0.717, 1.165) is 24.1 Å². The standard InChI is InChI=1S/C18H22N6O3S/c1-11-8-15(28(3)26)19-9-13(11)21-17-20-10-14-16(22-17)24(18(25)23(14)2)12-4-6-27-7-5-12/h8-10,12H,4-7H2,1-3H3,(H,20,21,22). The molecule has 4 heterocycles. The van der Waals surface area contributed by atoms with Crippen molar-refractivity contribution in [3.63, 3.8) is 0 Å². The Labute approximate surface area is 165 Å². The van der Waals surface area contributed by atoms with Crippen LogP contribution in [0.4, 0.5) is 11.6 Å². The predicted octanol–water partition coefficient (Wildman–Crippen LogP) is 1.67. The minimum atomic E-state index is -1.14. The number of nitrogens with one attached hydrogen (secondary N) is 1. The number of rotatable bonds is 4. The van der Waals surface area contributed by atoms with Crippen molar-refractivity contribution in [3.8, 4) is 0 Å². The van der Waals surface area contributed by atoms with E-state index < -0.39 is 11.2 Å². The van der Waals surface area contributed by atoms with E-state index in [1.807, 2.05) is 6.92 Å². The number of aromatic nitrogens is 5. The van der Waals surface area contributed by atoms with Crippen LogP contribution in [-0.2, 0) is 23.0 Å². The minimum absolute atomic E-state index is 0.0647. The summed E-state index contributed by atoms with van der Waals surface area (Å²) in [5.74, 6) is 0.384. The molecule has 10 heteroatoms. The maximum Gasteiger partial charge on any atom is 0.330 e. The van der Waals surface area contributed by atoms with Gasteiger partial charge < -0.3 is 14.6 Å². The summed E-state index contributed by atoms with van der Waals surface area (Å²) in [6, 6.07) is 1.84. The maximum atomic E-state index is 12.8. The lowest BCUT2D eigenvalue weighted by Crippen LogP contribution is -2.30. The van der Waals surface area contributed by atoms with Gasteiger partial charge in [-0.3, -0.25) is 9.13 Å². The van der Waals surface area contributed by atoms with Crippen LogP contribution in [0.3, 0.4) is 0 Å². The Balaban J connectivity index is 1.72. The van der Waals surface area contributed by atoms with E-state index in [4.69, 9.17) is 4.74 Å². The number of imidazole rings is 1. The SMILES string of the molecule is Cc1cc([S+](C)[O-])ncc1Nc1ncc2c(n1)n(C1CCOCC1)c(=O)n2C. The number of ether oxygens (including phenoxy) is 1. The fraction of sp³-hybridized carbons (Fsp3) is 0.444.